The minimum atomic E-state index is -1.88. The molecule has 0 aliphatic carbocycles. The van der Waals surface area contributed by atoms with Crippen LogP contribution in [0.25, 0.3) is 0 Å². The maximum Gasteiger partial charge on any atom is 0.330 e. The molecule has 33 heavy (non-hydrogen) atoms. The Balaban J connectivity index is 1.83. The Morgan fingerprint density at radius 3 is 2.30 bits per heavy atom. The molecule has 3 aliphatic heterocycles. The van der Waals surface area contributed by atoms with Crippen LogP contribution in [-0.4, -0.2) is 40.8 Å². The van der Waals surface area contributed by atoms with Crippen molar-refractivity contribution in [3.63, 3.8) is 0 Å². The van der Waals surface area contributed by atoms with E-state index >= 15 is 0 Å². The highest BCUT2D eigenvalue weighted by Crippen LogP contribution is 2.63. The molecule has 3 aliphatic rings. The molecule has 0 N–H and O–H groups in total. The second kappa shape index (κ2) is 6.79. The Morgan fingerprint density at radius 1 is 1.03 bits per heavy atom. The van der Waals surface area contributed by atoms with Crippen LogP contribution in [0, 0.1) is 10.8 Å². The number of esters is 2. The van der Waals surface area contributed by atoms with Gasteiger partial charge in [-0.1, -0.05) is 45.0 Å². The van der Waals surface area contributed by atoms with Gasteiger partial charge in [0.05, 0.1) is 18.4 Å². The van der Waals surface area contributed by atoms with E-state index in [1.54, 1.807) is 44.1 Å². The van der Waals surface area contributed by atoms with E-state index in [0.717, 1.165) is 5.56 Å². The summed E-state index contributed by atoms with van der Waals surface area (Å²) in [5.74, 6) is -3.78. The number of hydrogen-bond donors (Lipinski definition) is 0. The van der Waals surface area contributed by atoms with Crippen LogP contribution in [0.15, 0.2) is 52.2 Å². The molecule has 0 bridgehead atoms. The van der Waals surface area contributed by atoms with Crippen molar-refractivity contribution in [2.75, 3.05) is 0 Å². The minimum Gasteiger partial charge on any atom is -0.469 e. The van der Waals surface area contributed by atoms with Gasteiger partial charge in [-0.2, -0.15) is 5.10 Å². The molecular formula is C25H26N2O6. The first kappa shape index (κ1) is 21.4. The van der Waals surface area contributed by atoms with E-state index in [1.165, 1.54) is 20.1 Å². The molecule has 0 unspecified atom stereocenters. The number of ether oxygens (including phenoxy) is 2. The number of furan rings is 1. The van der Waals surface area contributed by atoms with E-state index in [4.69, 9.17) is 13.9 Å². The minimum absolute atomic E-state index is 0.173. The number of fused-ring (bicyclic) bond motifs is 4. The molecule has 1 spiro atoms. The van der Waals surface area contributed by atoms with Crippen LogP contribution in [0.4, 0.5) is 0 Å². The second-order valence-electron chi connectivity index (χ2n) is 10.3. The van der Waals surface area contributed by atoms with Crippen molar-refractivity contribution < 1.29 is 28.3 Å². The Morgan fingerprint density at radius 2 is 1.70 bits per heavy atom. The van der Waals surface area contributed by atoms with Gasteiger partial charge in [-0.15, -0.1) is 0 Å². The van der Waals surface area contributed by atoms with Crippen molar-refractivity contribution in [3.05, 3.63) is 59.5 Å². The van der Waals surface area contributed by atoms with Crippen LogP contribution in [0.3, 0.4) is 0 Å². The van der Waals surface area contributed by atoms with Crippen LogP contribution in [-0.2, 0) is 23.9 Å². The Labute approximate surface area is 191 Å². The topological polar surface area (TPSA) is 98.4 Å². The summed E-state index contributed by atoms with van der Waals surface area (Å²) in [6.07, 6.45) is 3.11. The van der Waals surface area contributed by atoms with E-state index in [2.05, 4.69) is 5.10 Å². The summed E-state index contributed by atoms with van der Waals surface area (Å²) in [6.45, 7) is 8.42. The summed E-state index contributed by atoms with van der Waals surface area (Å²) < 4.78 is 17.1. The zero-order valence-corrected chi connectivity index (χ0v) is 19.2. The van der Waals surface area contributed by atoms with Crippen molar-refractivity contribution in [1.29, 1.82) is 0 Å². The quantitative estimate of drug-likeness (QED) is 0.509. The third-order valence-electron chi connectivity index (χ3n) is 6.62. The summed E-state index contributed by atoms with van der Waals surface area (Å²) in [4.78, 5) is 41.6. The number of carbonyl (C=O) groups is 3. The summed E-state index contributed by atoms with van der Waals surface area (Å²) in [5, 5.41) is 6.17. The van der Waals surface area contributed by atoms with Gasteiger partial charge in [0.25, 0.3) is 5.79 Å². The van der Waals surface area contributed by atoms with Crippen LogP contribution < -0.4 is 0 Å². The van der Waals surface area contributed by atoms with E-state index in [9.17, 15) is 14.4 Å². The van der Waals surface area contributed by atoms with E-state index in [1.807, 2.05) is 24.3 Å². The number of rotatable bonds is 2. The molecule has 1 aromatic heterocycles. The average molecular weight is 450 g/mol. The highest BCUT2D eigenvalue weighted by Gasteiger charge is 2.76. The predicted octanol–water partition coefficient (Wildman–Crippen LogP) is 3.57. The number of nitrogens with zero attached hydrogens (tertiary/aromatic N) is 2. The normalized spacial score (nSPS) is 27.1. The van der Waals surface area contributed by atoms with Gasteiger partial charge in [-0.05, 0) is 23.3 Å². The maximum absolute atomic E-state index is 13.9. The van der Waals surface area contributed by atoms with E-state index < -0.39 is 46.6 Å². The Bertz CT molecular complexity index is 1150. The van der Waals surface area contributed by atoms with Crippen molar-refractivity contribution in [3.8, 4) is 0 Å². The van der Waals surface area contributed by atoms with E-state index in [0.29, 0.717) is 11.3 Å². The summed E-state index contributed by atoms with van der Waals surface area (Å²) in [6, 6.07) is 8.85. The first-order valence-corrected chi connectivity index (χ1v) is 10.9. The first-order valence-electron chi connectivity index (χ1n) is 10.9. The highest BCUT2D eigenvalue weighted by atomic mass is 16.7. The van der Waals surface area contributed by atoms with Crippen molar-refractivity contribution >= 4 is 23.9 Å². The summed E-state index contributed by atoms with van der Waals surface area (Å²) in [5.41, 5.74) is -1.21. The maximum atomic E-state index is 13.9. The molecular weight excluding hydrogens is 424 g/mol. The molecule has 3 atom stereocenters. The summed E-state index contributed by atoms with van der Waals surface area (Å²) >= 11 is 0. The van der Waals surface area contributed by atoms with Gasteiger partial charge in [-0.25, -0.2) is 0 Å². The summed E-state index contributed by atoms with van der Waals surface area (Å²) in [7, 11) is 0. The molecule has 4 heterocycles. The van der Waals surface area contributed by atoms with Gasteiger partial charge in [0.2, 0.25) is 5.41 Å². The Hall–Kier alpha value is -3.42. The van der Waals surface area contributed by atoms with Gasteiger partial charge in [0.15, 0.2) is 5.78 Å². The molecule has 2 fully saturated rings. The molecule has 8 nitrogen and oxygen atoms in total. The molecule has 0 radical (unpaired) electrons. The lowest BCUT2D eigenvalue weighted by Gasteiger charge is -2.43. The lowest BCUT2D eigenvalue weighted by Crippen LogP contribution is -2.58. The van der Waals surface area contributed by atoms with E-state index in [-0.39, 0.29) is 5.78 Å². The fraction of sp³-hybridized carbons (Fsp3) is 0.440. The number of benzene rings is 1. The first-order chi connectivity index (χ1) is 15.5. The van der Waals surface area contributed by atoms with Crippen LogP contribution in [0.5, 0.6) is 0 Å². The second-order valence-corrected chi connectivity index (χ2v) is 10.3. The lowest BCUT2D eigenvalue weighted by molar-refractivity contribution is -0.254. The molecule has 0 amide bonds. The molecule has 2 saturated heterocycles. The van der Waals surface area contributed by atoms with Crippen molar-refractivity contribution in [2.24, 2.45) is 15.9 Å². The standard InChI is InChI=1S/C25H26N2O6/c1-23(2,3)20(28)18-17(16-11-8-12-31-16)25(21(29)32-24(4,5)33-22(25)30)19-15-10-7-6-9-14(15)13-26-27(18)19/h6-13,17-19H,1-5H3/t17-,18+,19-/m0/s1. The predicted molar refractivity (Wildman–Crippen MR) is 117 cm³/mol. The third kappa shape index (κ3) is 2.89. The molecule has 172 valence electrons. The van der Waals surface area contributed by atoms with Gasteiger partial charge in [0, 0.05) is 19.3 Å². The van der Waals surface area contributed by atoms with Gasteiger partial charge in [0.1, 0.15) is 17.8 Å². The smallest absolute Gasteiger partial charge is 0.330 e. The van der Waals surface area contributed by atoms with Crippen LogP contribution >= 0.6 is 0 Å². The molecule has 0 saturated carbocycles. The zero-order chi connectivity index (χ0) is 23.8. The average Bonchev–Trinajstić information content (AvgIpc) is 3.35. The number of Topliss-reactive ketones (excluding diaryl/α,β-unsaturated/α-hetero) is 1. The molecule has 8 heteroatoms. The largest absolute Gasteiger partial charge is 0.469 e. The van der Waals surface area contributed by atoms with Crippen LogP contribution in [0.1, 0.15) is 63.5 Å². The van der Waals surface area contributed by atoms with Gasteiger partial charge < -0.3 is 13.9 Å². The highest BCUT2D eigenvalue weighted by molar-refractivity contribution is 6.07. The molecule has 5 rings (SSSR count). The number of hydrazone groups is 1. The number of cyclic esters (lactones) is 2. The monoisotopic (exact) mass is 450 g/mol. The number of ketones is 1. The number of hydrogen-bond acceptors (Lipinski definition) is 8. The SMILES string of the molecule is CC1(C)OC(=O)C2(C(=O)O1)[C@@H]1c3ccccc3C=NN1[C@@H](C(=O)C(C)(C)C)[C@@H]2c1ccco1. The lowest BCUT2D eigenvalue weighted by atomic mass is 9.65. The molecule has 1 aromatic carbocycles. The van der Waals surface area contributed by atoms with Crippen molar-refractivity contribution in [1.82, 2.24) is 5.01 Å². The molecule has 2 aromatic rings. The van der Waals surface area contributed by atoms with Crippen molar-refractivity contribution in [2.45, 2.75) is 58.4 Å². The van der Waals surface area contributed by atoms with Gasteiger partial charge in [-0.3, -0.25) is 19.4 Å². The fourth-order valence-electron chi connectivity index (χ4n) is 5.23. The zero-order valence-electron chi connectivity index (χ0n) is 19.2. The third-order valence-corrected chi connectivity index (χ3v) is 6.62. The Kier molecular flexibility index (Phi) is 4.41. The fourth-order valence-corrected chi connectivity index (χ4v) is 5.23. The number of carbonyl (C=O) groups excluding carboxylic acids is 3. The van der Waals surface area contributed by atoms with Gasteiger partial charge >= 0.3 is 11.9 Å². The van der Waals surface area contributed by atoms with Crippen LogP contribution in [0.2, 0.25) is 0 Å².